The van der Waals surface area contributed by atoms with E-state index in [1.807, 2.05) is 44.2 Å². The van der Waals surface area contributed by atoms with Crippen LogP contribution in [0.25, 0.3) is 11.3 Å². The van der Waals surface area contributed by atoms with E-state index in [-0.39, 0.29) is 18.0 Å². The van der Waals surface area contributed by atoms with Crippen molar-refractivity contribution < 1.29 is 9.59 Å². The van der Waals surface area contributed by atoms with Gasteiger partial charge in [-0.3, -0.25) is 15.4 Å². The quantitative estimate of drug-likeness (QED) is 0.659. The van der Waals surface area contributed by atoms with Crippen LogP contribution in [0, 0.1) is 0 Å². The number of hydrogen-bond donors (Lipinski definition) is 4. The van der Waals surface area contributed by atoms with Gasteiger partial charge in [0.15, 0.2) is 6.29 Å². The maximum Gasteiger partial charge on any atom is 0.320 e. The van der Waals surface area contributed by atoms with Gasteiger partial charge in [0.05, 0.1) is 5.69 Å². The largest absolute Gasteiger partial charge is 0.338 e. The molecular formula is C18H24N6O2. The minimum atomic E-state index is -0.523. The number of urea groups is 1. The molecule has 0 spiro atoms. The molecule has 1 saturated heterocycles. The summed E-state index contributed by atoms with van der Waals surface area (Å²) < 4.78 is 1.60. The van der Waals surface area contributed by atoms with Gasteiger partial charge in [-0.15, -0.1) is 0 Å². The molecule has 2 heterocycles. The van der Waals surface area contributed by atoms with Crippen molar-refractivity contribution >= 4 is 17.8 Å². The van der Waals surface area contributed by atoms with Crippen molar-refractivity contribution in [2.75, 3.05) is 11.9 Å². The van der Waals surface area contributed by atoms with Gasteiger partial charge in [0, 0.05) is 30.6 Å². The predicted octanol–water partition coefficient (Wildman–Crippen LogP) is 2.04. The molecule has 8 nitrogen and oxygen atoms in total. The molecule has 3 rings (SSSR count). The fraction of sp³-hybridized carbons (Fsp3) is 0.389. The monoisotopic (exact) mass is 356 g/mol. The lowest BCUT2D eigenvalue weighted by molar-refractivity contribution is -0.125. The Labute approximate surface area is 152 Å². The van der Waals surface area contributed by atoms with Gasteiger partial charge in [-0.1, -0.05) is 37.3 Å². The molecule has 1 aromatic carbocycles. The molecule has 3 amide bonds. The number of amides is 3. The number of rotatable bonds is 5. The van der Waals surface area contributed by atoms with Gasteiger partial charge < -0.3 is 10.6 Å². The molecule has 26 heavy (non-hydrogen) atoms. The summed E-state index contributed by atoms with van der Waals surface area (Å²) in [5, 5.41) is 16.3. The Hall–Kier alpha value is -2.87. The minimum absolute atomic E-state index is 0.0138. The standard InChI is InChI=1S/C18H24N6O2/c1-3-9-19-18(26)21-15-11-14(13-7-5-4-6-8-13)23-24(15)17-20-12(2)10-16(25)22-17/h4-8,11-12,17,20H,3,9-10H2,1-2H3,(H,22,25)(H2,19,21,26). The molecule has 1 aromatic heterocycles. The van der Waals surface area contributed by atoms with E-state index in [2.05, 4.69) is 26.4 Å². The van der Waals surface area contributed by atoms with E-state index in [1.54, 1.807) is 10.7 Å². The molecule has 138 valence electrons. The van der Waals surface area contributed by atoms with Crippen molar-refractivity contribution in [3.05, 3.63) is 36.4 Å². The maximum atomic E-state index is 12.1. The van der Waals surface area contributed by atoms with Gasteiger partial charge in [0.2, 0.25) is 5.91 Å². The molecule has 1 fully saturated rings. The molecule has 1 aliphatic heterocycles. The fourth-order valence-electron chi connectivity index (χ4n) is 2.82. The van der Waals surface area contributed by atoms with Crippen LogP contribution < -0.4 is 21.3 Å². The second-order valence-corrected chi connectivity index (χ2v) is 6.35. The van der Waals surface area contributed by atoms with Gasteiger partial charge in [-0.25, -0.2) is 9.48 Å². The Kier molecular flexibility index (Phi) is 5.52. The van der Waals surface area contributed by atoms with E-state index < -0.39 is 6.29 Å². The number of benzene rings is 1. The molecule has 0 bridgehead atoms. The number of nitrogens with zero attached hydrogens (tertiary/aromatic N) is 2. The average molecular weight is 356 g/mol. The molecular weight excluding hydrogens is 332 g/mol. The number of hydrogen-bond acceptors (Lipinski definition) is 4. The van der Waals surface area contributed by atoms with E-state index in [1.165, 1.54) is 0 Å². The van der Waals surface area contributed by atoms with Crippen molar-refractivity contribution in [1.82, 2.24) is 25.7 Å². The lowest BCUT2D eigenvalue weighted by atomic mass is 10.2. The van der Waals surface area contributed by atoms with Crippen molar-refractivity contribution in [2.24, 2.45) is 0 Å². The second-order valence-electron chi connectivity index (χ2n) is 6.35. The van der Waals surface area contributed by atoms with Crippen LogP contribution in [0.2, 0.25) is 0 Å². The summed E-state index contributed by atoms with van der Waals surface area (Å²) >= 11 is 0. The number of anilines is 1. The van der Waals surface area contributed by atoms with Crippen molar-refractivity contribution in [3.8, 4) is 11.3 Å². The van der Waals surface area contributed by atoms with Gasteiger partial charge in [0.1, 0.15) is 5.82 Å². The third-order valence-electron chi connectivity index (χ3n) is 4.06. The van der Waals surface area contributed by atoms with Crippen LogP contribution in [0.1, 0.15) is 33.0 Å². The smallest absolute Gasteiger partial charge is 0.320 e. The van der Waals surface area contributed by atoms with Crippen LogP contribution in [0.4, 0.5) is 10.6 Å². The average Bonchev–Trinajstić information content (AvgIpc) is 3.03. The zero-order valence-electron chi connectivity index (χ0n) is 15.0. The highest BCUT2D eigenvalue weighted by Gasteiger charge is 2.27. The highest BCUT2D eigenvalue weighted by Crippen LogP contribution is 2.24. The van der Waals surface area contributed by atoms with E-state index >= 15 is 0 Å². The Morgan fingerprint density at radius 3 is 2.81 bits per heavy atom. The lowest BCUT2D eigenvalue weighted by Crippen LogP contribution is -2.52. The third-order valence-corrected chi connectivity index (χ3v) is 4.06. The first-order valence-electron chi connectivity index (χ1n) is 8.82. The summed E-state index contributed by atoms with van der Waals surface area (Å²) in [5.41, 5.74) is 1.64. The van der Waals surface area contributed by atoms with E-state index in [9.17, 15) is 9.59 Å². The Bertz CT molecular complexity index is 773. The third kappa shape index (κ3) is 4.20. The molecule has 0 aliphatic carbocycles. The normalized spacial score (nSPS) is 19.7. The van der Waals surface area contributed by atoms with Crippen molar-refractivity contribution in [1.29, 1.82) is 0 Å². The van der Waals surface area contributed by atoms with Crippen LogP contribution in [0.5, 0.6) is 0 Å². The van der Waals surface area contributed by atoms with Crippen LogP contribution in [-0.2, 0) is 4.79 Å². The molecule has 0 saturated carbocycles. The zero-order chi connectivity index (χ0) is 18.5. The second kappa shape index (κ2) is 8.01. The van der Waals surface area contributed by atoms with Crippen LogP contribution >= 0.6 is 0 Å². The van der Waals surface area contributed by atoms with E-state index in [0.717, 1.165) is 12.0 Å². The molecule has 0 radical (unpaired) electrons. The summed E-state index contributed by atoms with van der Waals surface area (Å²) in [5.74, 6) is 0.448. The summed E-state index contributed by atoms with van der Waals surface area (Å²) in [6.07, 6.45) is 0.730. The number of carbonyl (C=O) groups is 2. The highest BCUT2D eigenvalue weighted by molar-refractivity contribution is 5.89. The summed E-state index contributed by atoms with van der Waals surface area (Å²) in [7, 11) is 0. The molecule has 2 unspecified atom stereocenters. The summed E-state index contributed by atoms with van der Waals surface area (Å²) in [6, 6.07) is 11.2. The van der Waals surface area contributed by atoms with E-state index in [4.69, 9.17) is 0 Å². The molecule has 2 atom stereocenters. The first kappa shape index (κ1) is 17.9. The molecule has 1 aliphatic rings. The zero-order valence-corrected chi connectivity index (χ0v) is 15.0. The molecule has 4 N–H and O–H groups in total. The SMILES string of the molecule is CCCNC(=O)Nc1cc(-c2ccccc2)nn1C1NC(=O)CC(C)N1. The van der Waals surface area contributed by atoms with Gasteiger partial charge >= 0.3 is 6.03 Å². The topological polar surface area (TPSA) is 100 Å². The van der Waals surface area contributed by atoms with Gasteiger partial charge in [0.25, 0.3) is 0 Å². The number of nitrogens with one attached hydrogen (secondary N) is 4. The Morgan fingerprint density at radius 1 is 1.35 bits per heavy atom. The number of aromatic nitrogens is 2. The van der Waals surface area contributed by atoms with E-state index in [0.29, 0.717) is 24.5 Å². The summed E-state index contributed by atoms with van der Waals surface area (Å²) in [6.45, 7) is 4.51. The predicted molar refractivity (Wildman–Crippen MR) is 99.4 cm³/mol. The lowest BCUT2D eigenvalue weighted by Gasteiger charge is -2.30. The first-order chi connectivity index (χ1) is 12.6. The van der Waals surface area contributed by atoms with Crippen LogP contribution in [0.15, 0.2) is 36.4 Å². The van der Waals surface area contributed by atoms with Crippen molar-refractivity contribution in [3.63, 3.8) is 0 Å². The summed E-state index contributed by atoms with van der Waals surface area (Å²) in [4.78, 5) is 24.0. The minimum Gasteiger partial charge on any atom is -0.338 e. The van der Waals surface area contributed by atoms with Gasteiger partial charge in [-0.2, -0.15) is 5.10 Å². The first-order valence-corrected chi connectivity index (χ1v) is 8.82. The van der Waals surface area contributed by atoms with Crippen LogP contribution in [-0.4, -0.2) is 34.3 Å². The van der Waals surface area contributed by atoms with Crippen LogP contribution in [0.3, 0.4) is 0 Å². The highest BCUT2D eigenvalue weighted by atomic mass is 16.2. The Morgan fingerprint density at radius 2 is 2.12 bits per heavy atom. The number of carbonyl (C=O) groups excluding carboxylic acids is 2. The Balaban J connectivity index is 1.91. The fourth-order valence-corrected chi connectivity index (χ4v) is 2.82. The van der Waals surface area contributed by atoms with Gasteiger partial charge in [-0.05, 0) is 13.3 Å². The molecule has 8 heteroatoms. The molecule has 2 aromatic rings. The van der Waals surface area contributed by atoms with Crippen molar-refractivity contribution in [2.45, 2.75) is 39.0 Å². The maximum absolute atomic E-state index is 12.1.